The Balaban J connectivity index is 1.75. The van der Waals surface area contributed by atoms with Crippen molar-refractivity contribution in [2.75, 3.05) is 14.2 Å². The molecule has 140 valence electrons. The largest absolute Gasteiger partial charge is 0.497 e. The molecule has 0 amide bonds. The van der Waals surface area contributed by atoms with E-state index in [2.05, 4.69) is 15.1 Å². The number of benzene rings is 2. The molecular formula is C21H18N4O3. The zero-order valence-electron chi connectivity index (χ0n) is 15.7. The topological polar surface area (TPSA) is 79.1 Å². The summed E-state index contributed by atoms with van der Waals surface area (Å²) in [6, 6.07) is 10.4. The highest BCUT2D eigenvalue weighted by Crippen LogP contribution is 2.25. The van der Waals surface area contributed by atoms with Gasteiger partial charge >= 0.3 is 0 Å². The lowest BCUT2D eigenvalue weighted by Crippen LogP contribution is -2.03. The minimum Gasteiger partial charge on any atom is -0.497 e. The molecule has 0 bridgehead atoms. The van der Waals surface area contributed by atoms with Gasteiger partial charge in [-0.15, -0.1) is 0 Å². The van der Waals surface area contributed by atoms with E-state index in [0.29, 0.717) is 39.4 Å². The predicted octanol–water partition coefficient (Wildman–Crippen LogP) is 3.28. The van der Waals surface area contributed by atoms with Gasteiger partial charge in [-0.1, -0.05) is 0 Å². The van der Waals surface area contributed by atoms with Crippen LogP contribution in [0, 0.1) is 0 Å². The van der Waals surface area contributed by atoms with Crippen molar-refractivity contribution in [1.82, 2.24) is 19.7 Å². The van der Waals surface area contributed by atoms with Crippen molar-refractivity contribution in [1.29, 1.82) is 0 Å². The minimum atomic E-state index is -0.146. The van der Waals surface area contributed by atoms with Gasteiger partial charge in [-0.3, -0.25) is 14.5 Å². The number of rotatable bonds is 5. The van der Waals surface area contributed by atoms with E-state index in [1.807, 2.05) is 13.2 Å². The van der Waals surface area contributed by atoms with Crippen molar-refractivity contribution in [3.63, 3.8) is 0 Å². The Morgan fingerprint density at radius 1 is 0.929 bits per heavy atom. The number of hydrogen-bond donors (Lipinski definition) is 0. The van der Waals surface area contributed by atoms with Gasteiger partial charge in [0.2, 0.25) is 0 Å². The lowest BCUT2D eigenvalue weighted by Gasteiger charge is -2.08. The average molecular weight is 374 g/mol. The first-order valence-corrected chi connectivity index (χ1v) is 8.61. The van der Waals surface area contributed by atoms with Crippen LogP contribution in [0.4, 0.5) is 0 Å². The lowest BCUT2D eigenvalue weighted by molar-refractivity contribution is 0.103. The molecule has 0 spiro atoms. The smallest absolute Gasteiger partial charge is 0.193 e. The molecule has 0 radical (unpaired) electrons. The average Bonchev–Trinajstić information content (AvgIpc) is 3.18. The molecular weight excluding hydrogens is 356 g/mol. The number of fused-ring (bicyclic) bond motifs is 1. The van der Waals surface area contributed by atoms with Crippen LogP contribution in [0.3, 0.4) is 0 Å². The van der Waals surface area contributed by atoms with E-state index in [-0.39, 0.29) is 5.78 Å². The van der Waals surface area contributed by atoms with Crippen molar-refractivity contribution < 1.29 is 14.3 Å². The predicted molar refractivity (Wildman–Crippen MR) is 105 cm³/mol. The van der Waals surface area contributed by atoms with Crippen LogP contribution in [-0.2, 0) is 7.05 Å². The standard InChI is InChI=1S/C21H18N4O3/c1-25-12-15(10-23-25)20-11-22-18-5-4-13(8-19(18)24-20)21(26)14-6-16(27-2)9-17(7-14)28-3/h4-12H,1-3H3. The van der Waals surface area contributed by atoms with E-state index < -0.39 is 0 Å². The maximum absolute atomic E-state index is 13.0. The summed E-state index contributed by atoms with van der Waals surface area (Å²) < 4.78 is 12.2. The number of ketones is 1. The fraction of sp³-hybridized carbons (Fsp3) is 0.143. The number of nitrogens with zero attached hydrogens (tertiary/aromatic N) is 4. The van der Waals surface area contributed by atoms with E-state index in [9.17, 15) is 4.79 Å². The number of aryl methyl sites for hydroxylation is 1. The number of ether oxygens (including phenoxy) is 2. The van der Waals surface area contributed by atoms with E-state index in [0.717, 1.165) is 5.56 Å². The lowest BCUT2D eigenvalue weighted by atomic mass is 10.0. The van der Waals surface area contributed by atoms with Gasteiger partial charge in [-0.05, 0) is 30.3 Å². The molecule has 0 unspecified atom stereocenters. The molecule has 0 atom stereocenters. The highest BCUT2D eigenvalue weighted by atomic mass is 16.5. The normalized spacial score (nSPS) is 10.8. The van der Waals surface area contributed by atoms with Gasteiger partial charge in [0, 0.05) is 36.0 Å². The molecule has 7 heteroatoms. The molecule has 0 aliphatic carbocycles. The summed E-state index contributed by atoms with van der Waals surface area (Å²) in [6.45, 7) is 0. The van der Waals surface area contributed by atoms with Crippen LogP contribution in [0.5, 0.6) is 11.5 Å². The van der Waals surface area contributed by atoms with Crippen molar-refractivity contribution in [2.24, 2.45) is 7.05 Å². The molecule has 7 nitrogen and oxygen atoms in total. The van der Waals surface area contributed by atoms with Gasteiger partial charge in [0.15, 0.2) is 5.78 Å². The number of carbonyl (C=O) groups excluding carboxylic acids is 1. The van der Waals surface area contributed by atoms with Crippen LogP contribution in [0.25, 0.3) is 22.3 Å². The maximum atomic E-state index is 13.0. The third-order valence-corrected chi connectivity index (χ3v) is 4.42. The highest BCUT2D eigenvalue weighted by Gasteiger charge is 2.14. The molecule has 4 aromatic rings. The van der Waals surface area contributed by atoms with Crippen LogP contribution < -0.4 is 9.47 Å². The zero-order valence-corrected chi connectivity index (χ0v) is 15.7. The number of methoxy groups -OCH3 is 2. The van der Waals surface area contributed by atoms with E-state index >= 15 is 0 Å². The van der Waals surface area contributed by atoms with E-state index in [1.54, 1.807) is 67.7 Å². The number of hydrogen-bond acceptors (Lipinski definition) is 6. The van der Waals surface area contributed by atoms with Crippen molar-refractivity contribution in [2.45, 2.75) is 0 Å². The molecule has 0 aliphatic heterocycles. The van der Waals surface area contributed by atoms with Gasteiger partial charge < -0.3 is 9.47 Å². The van der Waals surface area contributed by atoms with Crippen LogP contribution in [-0.4, -0.2) is 39.8 Å². The van der Waals surface area contributed by atoms with Gasteiger partial charge in [0.05, 0.1) is 43.3 Å². The second-order valence-electron chi connectivity index (χ2n) is 6.29. The summed E-state index contributed by atoms with van der Waals surface area (Å²) >= 11 is 0. The summed E-state index contributed by atoms with van der Waals surface area (Å²) in [4.78, 5) is 22.1. The SMILES string of the molecule is COc1cc(OC)cc(C(=O)c2ccc3ncc(-c4cnn(C)c4)nc3c2)c1. The Kier molecular flexibility index (Phi) is 4.49. The summed E-state index contributed by atoms with van der Waals surface area (Å²) in [5.74, 6) is 0.969. The first-order chi connectivity index (χ1) is 13.6. The molecule has 28 heavy (non-hydrogen) atoms. The molecule has 0 N–H and O–H groups in total. The summed E-state index contributed by atoms with van der Waals surface area (Å²) in [6.07, 6.45) is 5.30. The van der Waals surface area contributed by atoms with Crippen molar-refractivity contribution >= 4 is 16.8 Å². The van der Waals surface area contributed by atoms with Gasteiger partial charge in [0.25, 0.3) is 0 Å². The van der Waals surface area contributed by atoms with E-state index in [4.69, 9.17) is 9.47 Å². The Morgan fingerprint density at radius 2 is 1.68 bits per heavy atom. The first kappa shape index (κ1) is 17.7. The Labute approximate surface area is 161 Å². The fourth-order valence-corrected chi connectivity index (χ4v) is 2.95. The Hall–Kier alpha value is -3.74. The third kappa shape index (κ3) is 3.29. The summed E-state index contributed by atoms with van der Waals surface area (Å²) in [7, 11) is 4.94. The molecule has 2 heterocycles. The van der Waals surface area contributed by atoms with Crippen molar-refractivity contribution in [3.05, 3.63) is 66.1 Å². The van der Waals surface area contributed by atoms with Crippen LogP contribution in [0.15, 0.2) is 55.0 Å². The van der Waals surface area contributed by atoms with Crippen LogP contribution in [0.1, 0.15) is 15.9 Å². The van der Waals surface area contributed by atoms with Crippen molar-refractivity contribution in [3.8, 4) is 22.8 Å². The summed E-state index contributed by atoms with van der Waals surface area (Å²) in [5, 5.41) is 4.16. The molecule has 2 aromatic carbocycles. The molecule has 0 fully saturated rings. The number of aromatic nitrogens is 4. The highest BCUT2D eigenvalue weighted by molar-refractivity contribution is 6.10. The Morgan fingerprint density at radius 3 is 2.32 bits per heavy atom. The van der Waals surface area contributed by atoms with Crippen LogP contribution >= 0.6 is 0 Å². The molecule has 0 saturated carbocycles. The summed E-state index contributed by atoms with van der Waals surface area (Å²) in [5.41, 5.74) is 3.92. The third-order valence-electron chi connectivity index (χ3n) is 4.42. The van der Waals surface area contributed by atoms with E-state index in [1.165, 1.54) is 0 Å². The van der Waals surface area contributed by atoms with Gasteiger partial charge in [0.1, 0.15) is 11.5 Å². The maximum Gasteiger partial charge on any atom is 0.193 e. The molecule has 0 saturated heterocycles. The quantitative estimate of drug-likeness (QED) is 0.499. The second kappa shape index (κ2) is 7.11. The minimum absolute atomic E-state index is 0.146. The fourth-order valence-electron chi connectivity index (χ4n) is 2.95. The molecule has 0 aliphatic rings. The Bertz CT molecular complexity index is 1160. The van der Waals surface area contributed by atoms with Gasteiger partial charge in [-0.25, -0.2) is 4.98 Å². The van der Waals surface area contributed by atoms with Crippen LogP contribution in [0.2, 0.25) is 0 Å². The molecule has 4 rings (SSSR count). The second-order valence-corrected chi connectivity index (χ2v) is 6.29. The zero-order chi connectivity index (χ0) is 19.7. The number of carbonyl (C=O) groups is 1. The first-order valence-electron chi connectivity index (χ1n) is 8.61. The molecule has 2 aromatic heterocycles. The monoisotopic (exact) mass is 374 g/mol. The van der Waals surface area contributed by atoms with Gasteiger partial charge in [-0.2, -0.15) is 5.10 Å².